The molecule has 4 heteroatoms. The summed E-state index contributed by atoms with van der Waals surface area (Å²) in [6, 6.07) is 18.8. The highest BCUT2D eigenvalue weighted by molar-refractivity contribution is 5.90. The number of hydrogen-bond acceptors (Lipinski definition) is 2. The van der Waals surface area contributed by atoms with Crippen LogP contribution in [0.1, 0.15) is 24.5 Å². The number of anilines is 1. The van der Waals surface area contributed by atoms with Crippen LogP contribution in [0.15, 0.2) is 54.6 Å². The van der Waals surface area contributed by atoms with Crippen LogP contribution >= 0.6 is 0 Å². The molecule has 0 aliphatic rings. The second-order valence-electron chi connectivity index (χ2n) is 4.99. The van der Waals surface area contributed by atoms with Gasteiger partial charge in [-0.2, -0.15) is 5.26 Å². The fraction of sp³-hybridized carbons (Fsp3) is 0.222. The van der Waals surface area contributed by atoms with Crippen LogP contribution in [0.3, 0.4) is 0 Å². The Hall–Kier alpha value is -2.80. The van der Waals surface area contributed by atoms with Crippen LogP contribution < -0.4 is 5.32 Å². The number of nitrogens with zero attached hydrogens (tertiary/aromatic N) is 2. The number of carbonyl (C=O) groups is 1. The van der Waals surface area contributed by atoms with Gasteiger partial charge in [-0.1, -0.05) is 49.4 Å². The quantitative estimate of drug-likeness (QED) is 0.905. The van der Waals surface area contributed by atoms with Crippen molar-refractivity contribution in [1.29, 1.82) is 5.26 Å². The van der Waals surface area contributed by atoms with Crippen molar-refractivity contribution >= 4 is 11.7 Å². The zero-order chi connectivity index (χ0) is 15.8. The van der Waals surface area contributed by atoms with Crippen molar-refractivity contribution in [2.75, 3.05) is 11.9 Å². The van der Waals surface area contributed by atoms with E-state index in [1.807, 2.05) is 37.3 Å². The van der Waals surface area contributed by atoms with Crippen LogP contribution in [0.5, 0.6) is 0 Å². The number of nitrogens with one attached hydrogen (secondary N) is 1. The minimum atomic E-state index is -0.187. The Kier molecular flexibility index (Phi) is 5.56. The Balaban J connectivity index is 2.11. The largest absolute Gasteiger partial charge is 0.322 e. The molecule has 22 heavy (non-hydrogen) atoms. The molecular formula is C18H19N3O. The van der Waals surface area contributed by atoms with E-state index in [-0.39, 0.29) is 6.03 Å². The number of amides is 2. The molecule has 2 amide bonds. The second-order valence-corrected chi connectivity index (χ2v) is 4.99. The number of rotatable bonds is 5. The maximum Gasteiger partial charge on any atom is 0.322 e. The van der Waals surface area contributed by atoms with Crippen LogP contribution in [-0.2, 0) is 6.54 Å². The SMILES string of the molecule is CCCN(Cc1ccccc1)C(=O)Nc1ccccc1C#N. The van der Waals surface area contributed by atoms with E-state index in [4.69, 9.17) is 5.26 Å². The molecule has 0 atom stereocenters. The van der Waals surface area contributed by atoms with E-state index >= 15 is 0 Å². The molecule has 0 fully saturated rings. The third-order valence-corrected chi connectivity index (χ3v) is 3.29. The molecule has 0 spiro atoms. The number of para-hydroxylation sites is 1. The van der Waals surface area contributed by atoms with Gasteiger partial charge in [0.05, 0.1) is 11.3 Å². The predicted octanol–water partition coefficient (Wildman–Crippen LogP) is 4.00. The topological polar surface area (TPSA) is 56.1 Å². The fourth-order valence-corrected chi connectivity index (χ4v) is 2.21. The van der Waals surface area contributed by atoms with Crippen molar-refractivity contribution in [2.45, 2.75) is 19.9 Å². The summed E-state index contributed by atoms with van der Waals surface area (Å²) in [5.41, 5.74) is 2.09. The van der Waals surface area contributed by atoms with Gasteiger partial charge >= 0.3 is 6.03 Å². The van der Waals surface area contributed by atoms with E-state index in [0.717, 1.165) is 12.0 Å². The highest BCUT2D eigenvalue weighted by Gasteiger charge is 2.14. The van der Waals surface area contributed by atoms with Gasteiger partial charge in [0.25, 0.3) is 0 Å². The molecule has 0 radical (unpaired) electrons. The second kappa shape index (κ2) is 7.84. The Bertz CT molecular complexity index is 662. The van der Waals surface area contributed by atoms with Crippen LogP contribution in [0.2, 0.25) is 0 Å². The molecular weight excluding hydrogens is 274 g/mol. The molecule has 0 saturated heterocycles. The lowest BCUT2D eigenvalue weighted by Crippen LogP contribution is -2.35. The summed E-state index contributed by atoms with van der Waals surface area (Å²) in [6.07, 6.45) is 0.875. The van der Waals surface area contributed by atoms with Crippen molar-refractivity contribution < 1.29 is 4.79 Å². The number of benzene rings is 2. The molecule has 0 bridgehead atoms. The van der Waals surface area contributed by atoms with Crippen LogP contribution in [0.25, 0.3) is 0 Å². The number of hydrogen-bond donors (Lipinski definition) is 1. The molecule has 0 aliphatic carbocycles. The van der Waals surface area contributed by atoms with Crippen molar-refractivity contribution in [3.8, 4) is 6.07 Å². The van der Waals surface area contributed by atoms with Crippen molar-refractivity contribution in [1.82, 2.24) is 4.90 Å². The fourth-order valence-electron chi connectivity index (χ4n) is 2.21. The maximum absolute atomic E-state index is 12.5. The lowest BCUT2D eigenvalue weighted by Gasteiger charge is -2.23. The molecule has 4 nitrogen and oxygen atoms in total. The summed E-state index contributed by atoms with van der Waals surface area (Å²) in [6.45, 7) is 3.25. The van der Waals surface area contributed by atoms with Gasteiger partial charge in [-0.05, 0) is 24.1 Å². The summed E-state index contributed by atoms with van der Waals surface area (Å²) in [5.74, 6) is 0. The highest BCUT2D eigenvalue weighted by atomic mass is 16.2. The Morgan fingerprint density at radius 3 is 2.50 bits per heavy atom. The molecule has 1 N–H and O–H groups in total. The first-order valence-electron chi connectivity index (χ1n) is 7.33. The first-order valence-corrected chi connectivity index (χ1v) is 7.33. The lowest BCUT2D eigenvalue weighted by atomic mass is 10.2. The highest BCUT2D eigenvalue weighted by Crippen LogP contribution is 2.15. The molecule has 0 heterocycles. The number of nitriles is 1. The van der Waals surface area contributed by atoms with Crippen molar-refractivity contribution in [3.05, 3.63) is 65.7 Å². The first-order chi connectivity index (χ1) is 10.7. The molecule has 0 aromatic heterocycles. The van der Waals surface area contributed by atoms with E-state index < -0.39 is 0 Å². The minimum absolute atomic E-state index is 0.187. The van der Waals surface area contributed by atoms with E-state index in [0.29, 0.717) is 24.3 Å². The van der Waals surface area contributed by atoms with E-state index in [9.17, 15) is 4.79 Å². The predicted molar refractivity (Wildman–Crippen MR) is 87.3 cm³/mol. The molecule has 2 aromatic rings. The molecule has 112 valence electrons. The molecule has 0 saturated carbocycles. The van der Waals surface area contributed by atoms with Gasteiger partial charge in [0.15, 0.2) is 0 Å². The first kappa shape index (κ1) is 15.6. The van der Waals surface area contributed by atoms with Gasteiger partial charge in [-0.25, -0.2) is 4.79 Å². The Labute approximate surface area is 131 Å². The van der Waals surface area contributed by atoms with Crippen molar-refractivity contribution in [3.63, 3.8) is 0 Å². The minimum Gasteiger partial charge on any atom is -0.320 e. The van der Waals surface area contributed by atoms with E-state index in [2.05, 4.69) is 11.4 Å². The molecule has 0 unspecified atom stereocenters. The van der Waals surface area contributed by atoms with Gasteiger partial charge in [0.2, 0.25) is 0 Å². The summed E-state index contributed by atoms with van der Waals surface area (Å²) in [5, 5.41) is 11.9. The maximum atomic E-state index is 12.5. The van der Waals surface area contributed by atoms with Gasteiger partial charge in [-0.3, -0.25) is 0 Å². The monoisotopic (exact) mass is 293 g/mol. The third-order valence-electron chi connectivity index (χ3n) is 3.29. The molecule has 0 aliphatic heterocycles. The normalized spacial score (nSPS) is 9.82. The van der Waals surface area contributed by atoms with Gasteiger partial charge in [-0.15, -0.1) is 0 Å². The summed E-state index contributed by atoms with van der Waals surface area (Å²) in [4.78, 5) is 14.2. The number of carbonyl (C=O) groups excluding carboxylic acids is 1. The number of urea groups is 1. The van der Waals surface area contributed by atoms with E-state index in [1.54, 1.807) is 29.2 Å². The molecule has 2 rings (SSSR count). The van der Waals surface area contributed by atoms with Gasteiger partial charge in [0.1, 0.15) is 6.07 Å². The molecule has 2 aromatic carbocycles. The summed E-state index contributed by atoms with van der Waals surface area (Å²) < 4.78 is 0. The Morgan fingerprint density at radius 1 is 1.14 bits per heavy atom. The Morgan fingerprint density at radius 2 is 1.82 bits per heavy atom. The zero-order valence-electron chi connectivity index (χ0n) is 12.6. The van der Waals surface area contributed by atoms with Crippen LogP contribution in [0.4, 0.5) is 10.5 Å². The van der Waals surface area contributed by atoms with Crippen molar-refractivity contribution in [2.24, 2.45) is 0 Å². The average molecular weight is 293 g/mol. The zero-order valence-corrected chi connectivity index (χ0v) is 12.6. The van der Waals surface area contributed by atoms with Gasteiger partial charge in [0, 0.05) is 13.1 Å². The average Bonchev–Trinajstić information content (AvgIpc) is 2.56. The summed E-state index contributed by atoms with van der Waals surface area (Å²) >= 11 is 0. The third kappa shape index (κ3) is 4.10. The van der Waals surface area contributed by atoms with Crippen LogP contribution in [-0.4, -0.2) is 17.5 Å². The van der Waals surface area contributed by atoms with Crippen LogP contribution in [0, 0.1) is 11.3 Å². The van der Waals surface area contributed by atoms with E-state index in [1.165, 1.54) is 0 Å². The standard InChI is InChI=1S/C18H19N3O/c1-2-12-21(14-15-8-4-3-5-9-15)18(22)20-17-11-7-6-10-16(17)13-19/h3-11H,2,12,14H2,1H3,(H,20,22). The summed E-state index contributed by atoms with van der Waals surface area (Å²) in [7, 11) is 0. The van der Waals surface area contributed by atoms with Gasteiger partial charge < -0.3 is 10.2 Å². The smallest absolute Gasteiger partial charge is 0.320 e. The lowest BCUT2D eigenvalue weighted by molar-refractivity contribution is 0.209.